The maximum atomic E-state index is 12.1. The third-order valence-electron chi connectivity index (χ3n) is 3.09. The molecule has 0 radical (unpaired) electrons. The molecular weight excluding hydrogens is 280 g/mol. The van der Waals surface area contributed by atoms with E-state index in [0.717, 1.165) is 48.3 Å². The van der Waals surface area contributed by atoms with Gasteiger partial charge in [-0.2, -0.15) is 0 Å². The Hall–Kier alpha value is -0.710. The van der Waals surface area contributed by atoms with Gasteiger partial charge in [-0.25, -0.2) is 0 Å². The molecule has 1 saturated heterocycles. The number of hydrogen-bond donors (Lipinski definition) is 1. The minimum Gasteiger partial charge on any atom is -0.341 e. The molecule has 1 N–H and O–H groups in total. The number of carbonyl (C=O) groups is 1. The molecule has 1 fully saturated rings. The Kier molecular flexibility index (Phi) is 6.01. The van der Waals surface area contributed by atoms with Crippen LogP contribution in [0.3, 0.4) is 0 Å². The van der Waals surface area contributed by atoms with E-state index in [2.05, 4.69) is 5.32 Å². The third-order valence-corrected chi connectivity index (χ3v) is 4.36. The van der Waals surface area contributed by atoms with Gasteiger partial charge in [-0.15, -0.1) is 11.8 Å². The Labute approximate surface area is 123 Å². The van der Waals surface area contributed by atoms with Crippen LogP contribution in [-0.4, -0.2) is 42.7 Å². The smallest absolute Gasteiger partial charge is 0.223 e. The number of thioether (sulfide) groups is 1. The van der Waals surface area contributed by atoms with Crippen molar-refractivity contribution in [3.8, 4) is 0 Å². The van der Waals surface area contributed by atoms with E-state index in [1.165, 1.54) is 0 Å². The molecule has 104 valence electrons. The maximum absolute atomic E-state index is 12.1. The summed E-state index contributed by atoms with van der Waals surface area (Å²) in [7, 11) is 0. The largest absolute Gasteiger partial charge is 0.341 e. The van der Waals surface area contributed by atoms with E-state index in [1.54, 1.807) is 11.8 Å². The lowest BCUT2D eigenvalue weighted by molar-refractivity contribution is -0.130. The lowest BCUT2D eigenvalue weighted by atomic mass is 10.3. The van der Waals surface area contributed by atoms with Crippen molar-refractivity contribution in [2.24, 2.45) is 0 Å². The second kappa shape index (κ2) is 7.78. The summed E-state index contributed by atoms with van der Waals surface area (Å²) >= 11 is 7.54. The van der Waals surface area contributed by atoms with Crippen LogP contribution >= 0.6 is 23.4 Å². The van der Waals surface area contributed by atoms with E-state index in [-0.39, 0.29) is 5.91 Å². The zero-order valence-electron chi connectivity index (χ0n) is 10.9. The normalized spacial score (nSPS) is 16.2. The molecule has 0 atom stereocenters. The molecule has 0 saturated carbocycles. The molecule has 1 aromatic rings. The highest BCUT2D eigenvalue weighted by atomic mass is 35.5. The van der Waals surface area contributed by atoms with Crippen LogP contribution < -0.4 is 5.32 Å². The first-order valence-corrected chi connectivity index (χ1v) is 7.99. The first kappa shape index (κ1) is 14.7. The predicted molar refractivity (Wildman–Crippen MR) is 80.9 cm³/mol. The Morgan fingerprint density at radius 2 is 2.05 bits per heavy atom. The Morgan fingerprint density at radius 3 is 2.84 bits per heavy atom. The quantitative estimate of drug-likeness (QED) is 0.868. The van der Waals surface area contributed by atoms with Crippen molar-refractivity contribution in [1.82, 2.24) is 10.2 Å². The topological polar surface area (TPSA) is 32.3 Å². The first-order chi connectivity index (χ1) is 9.25. The molecule has 0 spiro atoms. The summed E-state index contributed by atoms with van der Waals surface area (Å²) in [6.07, 6.45) is 1.66. The van der Waals surface area contributed by atoms with Crippen LogP contribution in [0.4, 0.5) is 0 Å². The molecule has 3 nitrogen and oxygen atoms in total. The first-order valence-electron chi connectivity index (χ1n) is 6.62. The summed E-state index contributed by atoms with van der Waals surface area (Å²) in [5.74, 6) is 1.09. The van der Waals surface area contributed by atoms with Gasteiger partial charge in [0, 0.05) is 41.7 Å². The predicted octanol–water partition coefficient (Wildman–Crippen LogP) is 2.64. The summed E-state index contributed by atoms with van der Waals surface area (Å²) in [5, 5.41) is 4.06. The number of nitrogens with zero attached hydrogens (tertiary/aromatic N) is 1. The molecule has 0 unspecified atom stereocenters. The number of amides is 1. The maximum Gasteiger partial charge on any atom is 0.223 e. The second-order valence-corrected chi connectivity index (χ2v) is 6.14. The number of rotatable bonds is 4. The summed E-state index contributed by atoms with van der Waals surface area (Å²) < 4.78 is 0. The highest BCUT2D eigenvalue weighted by Gasteiger charge is 2.14. The van der Waals surface area contributed by atoms with Crippen LogP contribution in [0.15, 0.2) is 29.2 Å². The highest BCUT2D eigenvalue weighted by Crippen LogP contribution is 2.21. The van der Waals surface area contributed by atoms with Crippen molar-refractivity contribution in [2.45, 2.75) is 17.7 Å². The van der Waals surface area contributed by atoms with E-state index >= 15 is 0 Å². The summed E-state index contributed by atoms with van der Waals surface area (Å²) in [5.41, 5.74) is 0. The van der Waals surface area contributed by atoms with E-state index in [0.29, 0.717) is 6.42 Å². The van der Waals surface area contributed by atoms with Crippen LogP contribution in [-0.2, 0) is 4.79 Å². The number of carbonyl (C=O) groups excluding carboxylic acids is 1. The van der Waals surface area contributed by atoms with Crippen LogP contribution in [0.1, 0.15) is 12.8 Å². The van der Waals surface area contributed by atoms with Gasteiger partial charge in [-0.3, -0.25) is 4.79 Å². The van der Waals surface area contributed by atoms with Gasteiger partial charge < -0.3 is 10.2 Å². The molecule has 1 heterocycles. The molecule has 1 aliphatic rings. The van der Waals surface area contributed by atoms with Gasteiger partial charge in [0.2, 0.25) is 5.91 Å². The molecule has 1 amide bonds. The number of hydrogen-bond acceptors (Lipinski definition) is 3. The Balaban J connectivity index is 1.72. The molecule has 0 aliphatic carbocycles. The second-order valence-electron chi connectivity index (χ2n) is 4.54. The molecule has 1 aromatic carbocycles. The fourth-order valence-electron chi connectivity index (χ4n) is 2.04. The van der Waals surface area contributed by atoms with Crippen LogP contribution in [0.5, 0.6) is 0 Å². The van der Waals surface area contributed by atoms with E-state index < -0.39 is 0 Å². The molecular formula is C14H19ClN2OS. The van der Waals surface area contributed by atoms with Crippen LogP contribution in [0.2, 0.25) is 5.02 Å². The third kappa shape index (κ3) is 5.05. The van der Waals surface area contributed by atoms with Crippen molar-refractivity contribution < 1.29 is 4.79 Å². The fraction of sp³-hybridized carbons (Fsp3) is 0.500. The fourth-order valence-corrected chi connectivity index (χ4v) is 3.01. The lowest BCUT2D eigenvalue weighted by Crippen LogP contribution is -2.34. The molecule has 5 heteroatoms. The molecule has 2 rings (SSSR count). The summed E-state index contributed by atoms with van der Waals surface area (Å²) in [6, 6.07) is 7.75. The lowest BCUT2D eigenvalue weighted by Gasteiger charge is -2.19. The standard InChI is InChI=1S/C14H19ClN2OS/c15-12-2-4-13(5-3-12)19-11-6-14(18)17-9-1-7-16-8-10-17/h2-5,16H,1,6-11H2. The average molecular weight is 299 g/mol. The van der Waals surface area contributed by atoms with Crippen LogP contribution in [0.25, 0.3) is 0 Å². The van der Waals surface area contributed by atoms with Crippen molar-refractivity contribution in [2.75, 3.05) is 31.9 Å². The Morgan fingerprint density at radius 1 is 1.26 bits per heavy atom. The number of benzene rings is 1. The van der Waals surface area contributed by atoms with E-state index in [4.69, 9.17) is 11.6 Å². The van der Waals surface area contributed by atoms with Gasteiger partial charge in [0.1, 0.15) is 0 Å². The molecule has 19 heavy (non-hydrogen) atoms. The number of nitrogens with one attached hydrogen (secondary N) is 1. The zero-order valence-corrected chi connectivity index (χ0v) is 12.5. The molecule has 0 aromatic heterocycles. The molecule has 1 aliphatic heterocycles. The average Bonchev–Trinajstić information content (AvgIpc) is 2.70. The van der Waals surface area contributed by atoms with E-state index in [9.17, 15) is 4.79 Å². The van der Waals surface area contributed by atoms with Crippen LogP contribution in [0, 0.1) is 0 Å². The van der Waals surface area contributed by atoms with Crippen molar-refractivity contribution in [1.29, 1.82) is 0 Å². The Bertz CT molecular complexity index is 402. The monoisotopic (exact) mass is 298 g/mol. The van der Waals surface area contributed by atoms with E-state index in [1.807, 2.05) is 29.2 Å². The van der Waals surface area contributed by atoms with Crippen molar-refractivity contribution in [3.63, 3.8) is 0 Å². The van der Waals surface area contributed by atoms with Crippen molar-refractivity contribution in [3.05, 3.63) is 29.3 Å². The van der Waals surface area contributed by atoms with Crippen molar-refractivity contribution >= 4 is 29.3 Å². The van der Waals surface area contributed by atoms with Gasteiger partial charge in [0.15, 0.2) is 0 Å². The van der Waals surface area contributed by atoms with Gasteiger partial charge in [-0.05, 0) is 37.2 Å². The van der Waals surface area contributed by atoms with Gasteiger partial charge >= 0.3 is 0 Å². The summed E-state index contributed by atoms with van der Waals surface area (Å²) in [6.45, 7) is 3.65. The SMILES string of the molecule is O=C(CCSc1ccc(Cl)cc1)N1CCCNCC1. The minimum absolute atomic E-state index is 0.269. The number of halogens is 1. The zero-order chi connectivity index (χ0) is 13.5. The minimum atomic E-state index is 0.269. The van der Waals surface area contributed by atoms with Gasteiger partial charge in [0.25, 0.3) is 0 Å². The summed E-state index contributed by atoms with van der Waals surface area (Å²) in [4.78, 5) is 15.2. The highest BCUT2D eigenvalue weighted by molar-refractivity contribution is 7.99. The van der Waals surface area contributed by atoms with Gasteiger partial charge in [-0.1, -0.05) is 11.6 Å². The molecule has 0 bridgehead atoms. The van der Waals surface area contributed by atoms with Gasteiger partial charge in [0.05, 0.1) is 0 Å².